The van der Waals surface area contributed by atoms with E-state index in [1.807, 2.05) is 11.6 Å². The second-order valence-electron chi connectivity index (χ2n) is 3.27. The van der Waals surface area contributed by atoms with E-state index in [1.54, 1.807) is 29.8 Å². The Hall–Kier alpha value is -0.750. The first-order valence-electron chi connectivity index (χ1n) is 5.07. The Morgan fingerprint density at radius 2 is 2.38 bits per heavy atom. The van der Waals surface area contributed by atoms with Crippen LogP contribution in [0.3, 0.4) is 0 Å². The van der Waals surface area contributed by atoms with E-state index >= 15 is 0 Å². The molecular weight excluding hydrogens is 240 g/mol. The molecule has 0 aliphatic heterocycles. The van der Waals surface area contributed by atoms with Crippen LogP contribution in [0.1, 0.15) is 15.9 Å². The Bertz CT molecular complexity index is 352. The summed E-state index contributed by atoms with van der Waals surface area (Å²) in [7, 11) is 1.71. The van der Waals surface area contributed by atoms with E-state index in [2.05, 4.69) is 27.8 Å². The molecule has 0 amide bonds. The molecule has 0 bridgehead atoms. The molecule has 2 heterocycles. The molecule has 0 aliphatic carbocycles. The van der Waals surface area contributed by atoms with Crippen LogP contribution in [0.2, 0.25) is 0 Å². The van der Waals surface area contributed by atoms with Crippen molar-refractivity contribution >= 4 is 22.7 Å². The Balaban J connectivity index is 2.08. The van der Waals surface area contributed by atoms with Crippen LogP contribution in [0.15, 0.2) is 29.1 Å². The van der Waals surface area contributed by atoms with Crippen molar-refractivity contribution in [2.45, 2.75) is 6.04 Å². The maximum absolute atomic E-state index is 5.05. The standard InChI is InChI=1S/C11H14N2OS2/c1-14-6-4-12-10(9-3-2-7-15-9)11-13-5-8-16-11/h2-3,5,7-8,10,12H,4,6H2,1H3. The van der Waals surface area contributed by atoms with Crippen molar-refractivity contribution in [1.29, 1.82) is 0 Å². The molecular formula is C11H14N2OS2. The van der Waals surface area contributed by atoms with Gasteiger partial charge in [-0.1, -0.05) is 6.07 Å². The fraction of sp³-hybridized carbons (Fsp3) is 0.364. The van der Waals surface area contributed by atoms with E-state index < -0.39 is 0 Å². The van der Waals surface area contributed by atoms with Crippen molar-refractivity contribution in [2.24, 2.45) is 0 Å². The molecule has 1 unspecified atom stereocenters. The fourth-order valence-corrected chi connectivity index (χ4v) is 3.05. The van der Waals surface area contributed by atoms with Crippen LogP contribution < -0.4 is 5.32 Å². The number of methoxy groups -OCH3 is 1. The van der Waals surface area contributed by atoms with Crippen LogP contribution in [-0.2, 0) is 4.74 Å². The van der Waals surface area contributed by atoms with Crippen LogP contribution in [0.4, 0.5) is 0 Å². The topological polar surface area (TPSA) is 34.1 Å². The SMILES string of the molecule is COCCNC(c1cccs1)c1nccs1. The van der Waals surface area contributed by atoms with Crippen LogP contribution >= 0.6 is 22.7 Å². The van der Waals surface area contributed by atoms with Crippen molar-refractivity contribution < 1.29 is 4.74 Å². The molecule has 2 aromatic rings. The zero-order valence-corrected chi connectivity index (χ0v) is 10.7. The third kappa shape index (κ3) is 2.89. The number of hydrogen-bond acceptors (Lipinski definition) is 5. The van der Waals surface area contributed by atoms with Gasteiger partial charge in [-0.2, -0.15) is 0 Å². The monoisotopic (exact) mass is 254 g/mol. The molecule has 0 aromatic carbocycles. The lowest BCUT2D eigenvalue weighted by Gasteiger charge is -2.14. The molecule has 0 saturated carbocycles. The van der Waals surface area contributed by atoms with Gasteiger partial charge in [0.1, 0.15) is 5.01 Å². The van der Waals surface area contributed by atoms with Crippen LogP contribution in [0.25, 0.3) is 0 Å². The van der Waals surface area contributed by atoms with Gasteiger partial charge in [0, 0.05) is 30.1 Å². The summed E-state index contributed by atoms with van der Waals surface area (Å²) in [6.45, 7) is 1.55. The first-order chi connectivity index (χ1) is 7.92. The molecule has 2 aromatic heterocycles. The molecule has 1 N–H and O–H groups in total. The Morgan fingerprint density at radius 1 is 1.44 bits per heavy atom. The summed E-state index contributed by atoms with van der Waals surface area (Å²) in [5, 5.41) is 8.67. The molecule has 0 radical (unpaired) electrons. The summed E-state index contributed by atoms with van der Waals surface area (Å²) in [5.41, 5.74) is 0. The van der Waals surface area contributed by atoms with Gasteiger partial charge in [0.2, 0.25) is 0 Å². The molecule has 86 valence electrons. The summed E-state index contributed by atoms with van der Waals surface area (Å²) in [6.07, 6.45) is 1.85. The Kier molecular flexibility index (Phi) is 4.47. The molecule has 5 heteroatoms. The van der Waals surface area contributed by atoms with Crippen LogP contribution in [0.5, 0.6) is 0 Å². The minimum atomic E-state index is 0.204. The van der Waals surface area contributed by atoms with Crippen molar-refractivity contribution in [2.75, 3.05) is 20.3 Å². The molecule has 0 aliphatic rings. The van der Waals surface area contributed by atoms with E-state index in [-0.39, 0.29) is 6.04 Å². The highest BCUT2D eigenvalue weighted by Gasteiger charge is 2.16. The maximum atomic E-state index is 5.05. The van der Waals surface area contributed by atoms with E-state index in [0.717, 1.165) is 11.6 Å². The average molecular weight is 254 g/mol. The zero-order valence-electron chi connectivity index (χ0n) is 9.05. The highest BCUT2D eigenvalue weighted by molar-refractivity contribution is 7.11. The lowest BCUT2D eigenvalue weighted by atomic mass is 10.2. The normalized spacial score (nSPS) is 12.8. The van der Waals surface area contributed by atoms with Gasteiger partial charge in [0.25, 0.3) is 0 Å². The number of rotatable bonds is 6. The predicted octanol–water partition coefficient (Wildman–Crippen LogP) is 2.53. The number of thiophene rings is 1. The molecule has 3 nitrogen and oxygen atoms in total. The van der Waals surface area contributed by atoms with Crippen LogP contribution in [0, 0.1) is 0 Å². The minimum Gasteiger partial charge on any atom is -0.383 e. The third-order valence-electron chi connectivity index (χ3n) is 2.18. The van der Waals surface area contributed by atoms with Gasteiger partial charge >= 0.3 is 0 Å². The number of hydrogen-bond donors (Lipinski definition) is 1. The zero-order chi connectivity index (χ0) is 11.2. The van der Waals surface area contributed by atoms with E-state index in [1.165, 1.54) is 4.88 Å². The molecule has 0 fully saturated rings. The maximum Gasteiger partial charge on any atom is 0.115 e. The van der Waals surface area contributed by atoms with E-state index in [0.29, 0.717) is 6.61 Å². The quantitative estimate of drug-likeness (QED) is 0.804. The van der Waals surface area contributed by atoms with Crippen molar-refractivity contribution in [1.82, 2.24) is 10.3 Å². The summed E-state index contributed by atoms with van der Waals surface area (Å²) in [4.78, 5) is 5.67. The molecule has 16 heavy (non-hydrogen) atoms. The largest absolute Gasteiger partial charge is 0.383 e. The summed E-state index contributed by atoms with van der Waals surface area (Å²) < 4.78 is 5.05. The van der Waals surface area contributed by atoms with Crippen molar-refractivity contribution in [3.63, 3.8) is 0 Å². The van der Waals surface area contributed by atoms with E-state index in [9.17, 15) is 0 Å². The summed E-state index contributed by atoms with van der Waals surface area (Å²) >= 11 is 3.43. The highest BCUT2D eigenvalue weighted by atomic mass is 32.1. The number of thiazole rings is 1. The average Bonchev–Trinajstić information content (AvgIpc) is 2.97. The van der Waals surface area contributed by atoms with Gasteiger partial charge in [-0.15, -0.1) is 22.7 Å². The number of ether oxygens (including phenoxy) is 1. The van der Waals surface area contributed by atoms with Gasteiger partial charge in [0.05, 0.1) is 12.6 Å². The number of aromatic nitrogens is 1. The van der Waals surface area contributed by atoms with Gasteiger partial charge in [-0.25, -0.2) is 4.98 Å². The molecule has 2 rings (SSSR count). The predicted molar refractivity (Wildman–Crippen MR) is 68.2 cm³/mol. The smallest absolute Gasteiger partial charge is 0.115 e. The lowest BCUT2D eigenvalue weighted by Crippen LogP contribution is -2.25. The minimum absolute atomic E-state index is 0.204. The van der Waals surface area contributed by atoms with Gasteiger partial charge in [0.15, 0.2) is 0 Å². The molecule has 1 atom stereocenters. The van der Waals surface area contributed by atoms with Crippen LogP contribution in [-0.4, -0.2) is 25.2 Å². The number of nitrogens with zero attached hydrogens (tertiary/aromatic N) is 1. The lowest BCUT2D eigenvalue weighted by molar-refractivity contribution is 0.197. The fourth-order valence-electron chi connectivity index (χ4n) is 1.45. The first-order valence-corrected chi connectivity index (χ1v) is 6.83. The molecule has 0 saturated heterocycles. The Morgan fingerprint density at radius 3 is 3.00 bits per heavy atom. The summed E-state index contributed by atoms with van der Waals surface area (Å²) in [6, 6.07) is 4.41. The Labute approximate surface area is 103 Å². The van der Waals surface area contributed by atoms with Gasteiger partial charge < -0.3 is 10.1 Å². The van der Waals surface area contributed by atoms with Gasteiger partial charge in [-0.05, 0) is 11.4 Å². The molecule has 0 spiro atoms. The second kappa shape index (κ2) is 6.10. The third-order valence-corrected chi connectivity index (χ3v) is 3.96. The number of nitrogens with one attached hydrogen (secondary N) is 1. The van der Waals surface area contributed by atoms with Gasteiger partial charge in [-0.3, -0.25) is 0 Å². The second-order valence-corrected chi connectivity index (χ2v) is 5.17. The van der Waals surface area contributed by atoms with Crippen molar-refractivity contribution in [3.05, 3.63) is 39.0 Å². The highest BCUT2D eigenvalue weighted by Crippen LogP contribution is 2.26. The summed E-state index contributed by atoms with van der Waals surface area (Å²) in [5.74, 6) is 0. The first kappa shape index (κ1) is 11.7. The van der Waals surface area contributed by atoms with E-state index in [4.69, 9.17) is 4.74 Å². The van der Waals surface area contributed by atoms with Crippen molar-refractivity contribution in [3.8, 4) is 0 Å².